The van der Waals surface area contributed by atoms with E-state index in [0.717, 1.165) is 12.7 Å². The summed E-state index contributed by atoms with van der Waals surface area (Å²) in [5.41, 5.74) is 0. The zero-order valence-corrected chi connectivity index (χ0v) is 4.06. The first-order valence-electron chi connectivity index (χ1n) is 1.86. The maximum absolute atomic E-state index is 10.1. The normalized spacial score (nSPS) is 7.00. The van der Waals surface area contributed by atoms with Crippen molar-refractivity contribution < 1.29 is 4.79 Å². The van der Waals surface area contributed by atoms with Crippen LogP contribution in [0.3, 0.4) is 0 Å². The molecule has 4 N–H and O–H groups in total. The molecule has 0 aromatic rings. The van der Waals surface area contributed by atoms with Crippen LogP contribution in [-0.4, -0.2) is 18.7 Å². The Labute approximate surface area is 46.1 Å². The van der Waals surface area contributed by atoms with E-state index in [0.29, 0.717) is 0 Å². The van der Waals surface area contributed by atoms with E-state index in [1.807, 2.05) is 10.6 Å². The number of hydrogen-bond acceptors (Lipinski definition) is 3. The van der Waals surface area contributed by atoms with Gasteiger partial charge in [-0.2, -0.15) is 0 Å². The zero-order valence-electron chi connectivity index (χ0n) is 4.06. The molecule has 5 heteroatoms. The lowest BCUT2D eigenvalue weighted by Crippen LogP contribution is -2.32. The minimum Gasteiger partial charge on any atom is -0.299 e. The van der Waals surface area contributed by atoms with Crippen molar-refractivity contribution in [2.45, 2.75) is 0 Å². The van der Waals surface area contributed by atoms with Gasteiger partial charge < -0.3 is 0 Å². The molecule has 0 unspecified atom stereocenters. The molecule has 0 radical (unpaired) electrons. The number of carbonyl (C=O) groups is 1. The number of hydrogen-bond donors (Lipinski definition) is 4. The van der Waals surface area contributed by atoms with Gasteiger partial charge in [-0.3, -0.25) is 21.5 Å². The molecule has 0 spiro atoms. The summed E-state index contributed by atoms with van der Waals surface area (Å²) >= 11 is 0. The maximum atomic E-state index is 10.1. The van der Waals surface area contributed by atoms with Gasteiger partial charge in [-0.25, -0.2) is 4.79 Å². The fourth-order valence-electron chi connectivity index (χ4n) is 0.173. The fraction of sp³-hybridized carbons (Fsp3) is 0. The van der Waals surface area contributed by atoms with Gasteiger partial charge in [0.15, 0.2) is 0 Å². The molecule has 0 fully saturated rings. The molecule has 0 bridgehead atoms. The molecule has 5 nitrogen and oxygen atoms in total. The van der Waals surface area contributed by atoms with Gasteiger partial charge in [0.05, 0.1) is 12.7 Å². The van der Waals surface area contributed by atoms with Gasteiger partial charge in [0, 0.05) is 0 Å². The second-order valence-corrected chi connectivity index (χ2v) is 0.906. The smallest absolute Gasteiger partial charge is 0.299 e. The molecule has 0 rings (SSSR count). The van der Waals surface area contributed by atoms with Gasteiger partial charge >= 0.3 is 6.03 Å². The summed E-state index contributed by atoms with van der Waals surface area (Å²) in [7, 11) is 0. The number of amides is 2. The van der Waals surface area contributed by atoms with Crippen LogP contribution in [0.5, 0.6) is 0 Å². The SMILES string of the molecule is N=CNC(=O)NC=N. The van der Waals surface area contributed by atoms with Crippen molar-refractivity contribution in [3.8, 4) is 0 Å². The summed E-state index contributed by atoms with van der Waals surface area (Å²) in [6, 6.07) is -0.574. The summed E-state index contributed by atoms with van der Waals surface area (Å²) < 4.78 is 0. The quantitative estimate of drug-likeness (QED) is 0.283. The minimum atomic E-state index is -0.574. The summed E-state index contributed by atoms with van der Waals surface area (Å²) in [5, 5.41) is 16.7. The highest BCUT2D eigenvalue weighted by Gasteiger charge is 1.87. The van der Waals surface area contributed by atoms with E-state index in [2.05, 4.69) is 0 Å². The zero-order chi connectivity index (χ0) is 6.41. The Morgan fingerprint density at radius 3 is 1.88 bits per heavy atom. The highest BCUT2D eigenvalue weighted by atomic mass is 16.2. The van der Waals surface area contributed by atoms with Crippen LogP contribution in [0.2, 0.25) is 0 Å². The van der Waals surface area contributed by atoms with Crippen molar-refractivity contribution >= 4 is 18.7 Å². The average molecular weight is 114 g/mol. The molecular formula is C3H6N4O. The Hall–Kier alpha value is -1.39. The largest absolute Gasteiger partial charge is 0.325 e. The molecule has 0 aliphatic heterocycles. The molecule has 0 atom stereocenters. The Bertz CT molecular complexity index is 97.9. The minimum absolute atomic E-state index is 0.574. The second-order valence-electron chi connectivity index (χ2n) is 0.906. The third-order valence-corrected chi connectivity index (χ3v) is 0.407. The Kier molecular flexibility index (Phi) is 3.13. The van der Waals surface area contributed by atoms with Crippen molar-refractivity contribution in [1.29, 1.82) is 10.8 Å². The first kappa shape index (κ1) is 6.61. The molecule has 0 aliphatic rings. The number of carbonyl (C=O) groups excluding carboxylic acids is 1. The van der Waals surface area contributed by atoms with Crippen molar-refractivity contribution in [2.75, 3.05) is 0 Å². The fourth-order valence-corrected chi connectivity index (χ4v) is 0.173. The molecule has 0 heterocycles. The molecule has 0 aromatic carbocycles. The topological polar surface area (TPSA) is 88.8 Å². The Morgan fingerprint density at radius 1 is 1.25 bits per heavy atom. The molecule has 0 saturated heterocycles. The van der Waals surface area contributed by atoms with Crippen LogP contribution in [0.1, 0.15) is 0 Å². The molecule has 0 aromatic heterocycles. The van der Waals surface area contributed by atoms with Crippen molar-refractivity contribution in [3.63, 3.8) is 0 Å². The van der Waals surface area contributed by atoms with E-state index in [-0.39, 0.29) is 0 Å². The van der Waals surface area contributed by atoms with E-state index in [1.54, 1.807) is 0 Å². The third kappa shape index (κ3) is 2.83. The van der Waals surface area contributed by atoms with Gasteiger partial charge in [-0.15, -0.1) is 0 Å². The molecule has 8 heavy (non-hydrogen) atoms. The van der Waals surface area contributed by atoms with Gasteiger partial charge in [0.2, 0.25) is 0 Å². The summed E-state index contributed by atoms with van der Waals surface area (Å²) in [4.78, 5) is 10.1. The van der Waals surface area contributed by atoms with Crippen LogP contribution in [0.4, 0.5) is 4.79 Å². The van der Waals surface area contributed by atoms with Crippen LogP contribution in [0, 0.1) is 10.8 Å². The van der Waals surface area contributed by atoms with Gasteiger partial charge in [0.25, 0.3) is 0 Å². The van der Waals surface area contributed by atoms with Crippen LogP contribution < -0.4 is 10.6 Å². The van der Waals surface area contributed by atoms with Crippen molar-refractivity contribution in [1.82, 2.24) is 10.6 Å². The second kappa shape index (κ2) is 3.79. The van der Waals surface area contributed by atoms with E-state index in [9.17, 15) is 4.79 Å². The van der Waals surface area contributed by atoms with E-state index < -0.39 is 6.03 Å². The number of nitrogens with one attached hydrogen (secondary N) is 4. The molecule has 2 amide bonds. The average Bonchev–Trinajstić information content (AvgIpc) is 1.68. The molecule has 44 valence electrons. The molecule has 0 aliphatic carbocycles. The number of urea groups is 1. The lowest BCUT2D eigenvalue weighted by Gasteiger charge is -1.92. The first-order chi connectivity index (χ1) is 3.81. The number of rotatable bonds is 2. The van der Waals surface area contributed by atoms with Crippen molar-refractivity contribution in [2.24, 2.45) is 0 Å². The van der Waals surface area contributed by atoms with E-state index >= 15 is 0 Å². The van der Waals surface area contributed by atoms with Gasteiger partial charge in [0.1, 0.15) is 0 Å². The predicted molar refractivity (Wildman–Crippen MR) is 29.2 cm³/mol. The predicted octanol–water partition coefficient (Wildman–Crippen LogP) is -0.500. The van der Waals surface area contributed by atoms with Crippen LogP contribution in [0.25, 0.3) is 0 Å². The summed E-state index contributed by atoms with van der Waals surface area (Å²) in [6.45, 7) is 0. The van der Waals surface area contributed by atoms with Crippen molar-refractivity contribution in [3.05, 3.63) is 0 Å². The first-order valence-corrected chi connectivity index (χ1v) is 1.86. The Morgan fingerprint density at radius 2 is 1.62 bits per heavy atom. The maximum Gasteiger partial charge on any atom is 0.325 e. The third-order valence-electron chi connectivity index (χ3n) is 0.407. The lowest BCUT2D eigenvalue weighted by atomic mass is 10.9. The van der Waals surface area contributed by atoms with Crippen LogP contribution in [-0.2, 0) is 0 Å². The van der Waals surface area contributed by atoms with Crippen LogP contribution in [0.15, 0.2) is 0 Å². The molecular weight excluding hydrogens is 108 g/mol. The van der Waals surface area contributed by atoms with Crippen LogP contribution >= 0.6 is 0 Å². The molecule has 0 saturated carbocycles. The highest BCUT2D eigenvalue weighted by Crippen LogP contribution is 1.52. The Balaban J connectivity index is 3.32. The summed E-state index contributed by atoms with van der Waals surface area (Å²) in [5.74, 6) is 0. The highest BCUT2D eigenvalue weighted by molar-refractivity contribution is 5.91. The van der Waals surface area contributed by atoms with E-state index in [4.69, 9.17) is 10.8 Å². The van der Waals surface area contributed by atoms with E-state index in [1.165, 1.54) is 0 Å². The van der Waals surface area contributed by atoms with Gasteiger partial charge in [-0.1, -0.05) is 0 Å². The lowest BCUT2D eigenvalue weighted by molar-refractivity contribution is 0.250. The monoisotopic (exact) mass is 114 g/mol. The van der Waals surface area contributed by atoms with Gasteiger partial charge in [-0.05, 0) is 0 Å². The summed E-state index contributed by atoms with van der Waals surface area (Å²) in [6.07, 6.45) is 1.47. The standard InChI is InChI=1S/C3H6N4O/c4-1-6-3(8)7-2-5/h1-2H,(H4,4,5,6,7,8).